The molecule has 0 saturated carbocycles. The van der Waals surface area contributed by atoms with Crippen molar-refractivity contribution in [3.63, 3.8) is 0 Å². The van der Waals surface area contributed by atoms with Crippen LogP contribution < -0.4 is 5.32 Å². The molecule has 1 amide bonds. The molecule has 118 valence electrons. The number of hydrogen-bond acceptors (Lipinski definition) is 4. The van der Waals surface area contributed by atoms with Crippen LogP contribution >= 0.6 is 0 Å². The Morgan fingerprint density at radius 1 is 1.33 bits per heavy atom. The molecule has 0 aliphatic carbocycles. The van der Waals surface area contributed by atoms with Gasteiger partial charge in [0.1, 0.15) is 0 Å². The Morgan fingerprint density at radius 2 is 2.10 bits per heavy atom. The molecule has 1 aromatic heterocycles. The molecule has 0 aliphatic heterocycles. The zero-order valence-electron chi connectivity index (χ0n) is 12.6. The average Bonchev–Trinajstić information content (AvgIpc) is 2.45. The minimum Gasteiger partial charge on any atom is -0.351 e. The first kappa shape index (κ1) is 17.6. The van der Waals surface area contributed by atoms with Crippen molar-refractivity contribution in [1.29, 1.82) is 0 Å². The predicted molar refractivity (Wildman–Crippen MR) is 82.5 cm³/mol. The normalized spacial score (nSPS) is 11.6. The number of nitrogens with zero attached hydrogens (tertiary/aromatic N) is 2. The van der Waals surface area contributed by atoms with Crippen LogP contribution in [0.5, 0.6) is 0 Å². The van der Waals surface area contributed by atoms with Gasteiger partial charge in [-0.1, -0.05) is 19.8 Å². The van der Waals surface area contributed by atoms with Crippen molar-refractivity contribution >= 4 is 15.9 Å². The van der Waals surface area contributed by atoms with Crippen molar-refractivity contribution in [3.8, 4) is 0 Å². The van der Waals surface area contributed by atoms with Crippen molar-refractivity contribution in [2.24, 2.45) is 0 Å². The molecule has 0 spiro atoms. The summed E-state index contributed by atoms with van der Waals surface area (Å²) in [5.41, 5.74) is 0.467. The van der Waals surface area contributed by atoms with Gasteiger partial charge in [-0.15, -0.1) is 0 Å². The van der Waals surface area contributed by atoms with E-state index < -0.39 is 10.0 Å². The standard InChI is InChI=1S/C14H23N3O3S/c1-3-4-5-10-17(21(2,19)20)11-9-16-14(18)13-7-6-8-15-12-13/h6-8,12H,3-5,9-11H2,1-2H3,(H,16,18). The molecule has 0 radical (unpaired) electrons. The van der Waals surface area contributed by atoms with E-state index in [-0.39, 0.29) is 19.0 Å². The number of hydrogen-bond donors (Lipinski definition) is 1. The second-order valence-corrected chi connectivity index (χ2v) is 6.85. The largest absolute Gasteiger partial charge is 0.351 e. The fourth-order valence-corrected chi connectivity index (χ4v) is 2.76. The van der Waals surface area contributed by atoms with Gasteiger partial charge in [-0.25, -0.2) is 12.7 Å². The molecule has 1 rings (SSSR count). The molecular weight excluding hydrogens is 290 g/mol. The SMILES string of the molecule is CCCCCN(CCNC(=O)c1cccnc1)S(C)(=O)=O. The number of aromatic nitrogens is 1. The number of nitrogens with one attached hydrogen (secondary N) is 1. The van der Waals surface area contributed by atoms with E-state index in [1.165, 1.54) is 16.8 Å². The number of unbranched alkanes of at least 4 members (excludes halogenated alkanes) is 2. The van der Waals surface area contributed by atoms with Crippen LogP contribution in [0.2, 0.25) is 0 Å². The van der Waals surface area contributed by atoms with Crippen LogP contribution in [-0.2, 0) is 10.0 Å². The summed E-state index contributed by atoms with van der Waals surface area (Å²) in [4.78, 5) is 15.7. The Hall–Kier alpha value is -1.47. The number of sulfonamides is 1. The molecule has 0 fully saturated rings. The number of rotatable bonds is 9. The van der Waals surface area contributed by atoms with Gasteiger partial charge >= 0.3 is 0 Å². The number of amides is 1. The summed E-state index contributed by atoms with van der Waals surface area (Å²) in [5, 5.41) is 2.71. The highest BCUT2D eigenvalue weighted by Gasteiger charge is 2.16. The third-order valence-corrected chi connectivity index (χ3v) is 4.35. The third-order valence-electron chi connectivity index (χ3n) is 3.05. The highest BCUT2D eigenvalue weighted by atomic mass is 32.2. The first-order valence-electron chi connectivity index (χ1n) is 7.08. The van der Waals surface area contributed by atoms with E-state index in [9.17, 15) is 13.2 Å². The smallest absolute Gasteiger partial charge is 0.252 e. The quantitative estimate of drug-likeness (QED) is 0.696. The predicted octanol–water partition coefficient (Wildman–Crippen LogP) is 1.26. The Labute approximate surface area is 126 Å². The van der Waals surface area contributed by atoms with Crippen LogP contribution in [0.1, 0.15) is 36.5 Å². The lowest BCUT2D eigenvalue weighted by Gasteiger charge is -2.20. The lowest BCUT2D eigenvalue weighted by Crippen LogP contribution is -2.38. The zero-order chi connectivity index (χ0) is 15.7. The Kier molecular flexibility index (Phi) is 7.31. The molecule has 0 aromatic carbocycles. The van der Waals surface area contributed by atoms with Gasteiger partial charge in [0.05, 0.1) is 11.8 Å². The van der Waals surface area contributed by atoms with Gasteiger partial charge in [0.15, 0.2) is 0 Å². The maximum atomic E-state index is 11.8. The fraction of sp³-hybridized carbons (Fsp3) is 0.571. The molecule has 1 aromatic rings. The Bertz CT molecular complexity index is 532. The maximum Gasteiger partial charge on any atom is 0.252 e. The molecule has 7 heteroatoms. The fourth-order valence-electron chi connectivity index (χ4n) is 1.87. The van der Waals surface area contributed by atoms with Crippen molar-refractivity contribution in [3.05, 3.63) is 30.1 Å². The van der Waals surface area contributed by atoms with Crippen LogP contribution in [0, 0.1) is 0 Å². The lowest BCUT2D eigenvalue weighted by molar-refractivity contribution is 0.0951. The monoisotopic (exact) mass is 313 g/mol. The lowest BCUT2D eigenvalue weighted by atomic mass is 10.2. The Balaban J connectivity index is 2.44. The second kappa shape index (κ2) is 8.74. The van der Waals surface area contributed by atoms with Gasteiger partial charge in [0.2, 0.25) is 10.0 Å². The third kappa shape index (κ3) is 6.68. The highest BCUT2D eigenvalue weighted by molar-refractivity contribution is 7.88. The summed E-state index contributed by atoms with van der Waals surface area (Å²) in [6, 6.07) is 3.35. The van der Waals surface area contributed by atoms with Crippen LogP contribution in [0.25, 0.3) is 0 Å². The second-order valence-electron chi connectivity index (χ2n) is 4.87. The van der Waals surface area contributed by atoms with Crippen LogP contribution in [0.4, 0.5) is 0 Å². The minimum absolute atomic E-state index is 0.245. The van der Waals surface area contributed by atoms with Gasteiger partial charge < -0.3 is 5.32 Å². The van der Waals surface area contributed by atoms with E-state index in [0.717, 1.165) is 19.3 Å². The zero-order valence-corrected chi connectivity index (χ0v) is 13.4. The molecule has 6 nitrogen and oxygen atoms in total. The molecule has 0 saturated heterocycles. The van der Waals surface area contributed by atoms with Crippen molar-refractivity contribution < 1.29 is 13.2 Å². The van der Waals surface area contributed by atoms with Crippen molar-refractivity contribution in [2.45, 2.75) is 26.2 Å². The van der Waals surface area contributed by atoms with Crippen LogP contribution in [-0.4, -0.2) is 49.5 Å². The van der Waals surface area contributed by atoms with E-state index in [4.69, 9.17) is 0 Å². The number of carbonyl (C=O) groups is 1. The topological polar surface area (TPSA) is 79.4 Å². The van der Waals surface area contributed by atoms with Gasteiger partial charge in [0.25, 0.3) is 5.91 Å². The van der Waals surface area contributed by atoms with E-state index in [0.29, 0.717) is 12.1 Å². The van der Waals surface area contributed by atoms with Crippen molar-refractivity contribution in [2.75, 3.05) is 25.9 Å². The Morgan fingerprint density at radius 3 is 2.67 bits per heavy atom. The molecule has 0 bridgehead atoms. The molecule has 0 aliphatic rings. The average molecular weight is 313 g/mol. The van der Waals surface area contributed by atoms with E-state index in [1.807, 2.05) is 0 Å². The van der Waals surface area contributed by atoms with E-state index >= 15 is 0 Å². The number of carbonyl (C=O) groups excluding carboxylic acids is 1. The summed E-state index contributed by atoms with van der Waals surface area (Å²) in [6.07, 6.45) is 7.13. The minimum atomic E-state index is -3.24. The van der Waals surface area contributed by atoms with Gasteiger partial charge in [-0.3, -0.25) is 9.78 Å². The van der Waals surface area contributed by atoms with Crippen LogP contribution in [0.3, 0.4) is 0 Å². The summed E-state index contributed by atoms with van der Waals surface area (Å²) in [7, 11) is -3.24. The number of pyridine rings is 1. The van der Waals surface area contributed by atoms with Gasteiger partial charge in [-0.05, 0) is 18.6 Å². The molecule has 0 unspecified atom stereocenters. The highest BCUT2D eigenvalue weighted by Crippen LogP contribution is 2.03. The molecule has 1 heterocycles. The van der Waals surface area contributed by atoms with Gasteiger partial charge in [-0.2, -0.15) is 0 Å². The summed E-state index contributed by atoms with van der Waals surface area (Å²) in [5.74, 6) is -0.245. The summed E-state index contributed by atoms with van der Waals surface area (Å²) in [6.45, 7) is 3.13. The van der Waals surface area contributed by atoms with Gasteiger partial charge in [0, 0.05) is 32.0 Å². The van der Waals surface area contributed by atoms with E-state index in [2.05, 4.69) is 17.2 Å². The van der Waals surface area contributed by atoms with E-state index in [1.54, 1.807) is 18.3 Å². The summed E-state index contributed by atoms with van der Waals surface area (Å²) < 4.78 is 24.8. The first-order valence-corrected chi connectivity index (χ1v) is 8.93. The molecule has 21 heavy (non-hydrogen) atoms. The summed E-state index contributed by atoms with van der Waals surface area (Å²) >= 11 is 0. The molecular formula is C14H23N3O3S. The van der Waals surface area contributed by atoms with Crippen LogP contribution in [0.15, 0.2) is 24.5 Å². The first-order chi connectivity index (χ1) is 9.95. The molecule has 1 N–H and O–H groups in total. The van der Waals surface area contributed by atoms with Crippen molar-refractivity contribution in [1.82, 2.24) is 14.6 Å². The maximum absolute atomic E-state index is 11.8. The molecule has 0 atom stereocenters.